The van der Waals surface area contributed by atoms with E-state index in [1.54, 1.807) is 0 Å². The molecule has 1 atom stereocenters. The molecule has 6 heteroatoms. The van der Waals surface area contributed by atoms with Crippen LogP contribution in [0.5, 0.6) is 5.75 Å². The van der Waals surface area contributed by atoms with Gasteiger partial charge in [0.05, 0.1) is 17.7 Å². The normalized spacial score (nSPS) is 17.3. The molecule has 1 aliphatic heterocycles. The predicted octanol–water partition coefficient (Wildman–Crippen LogP) is 2.28. The minimum absolute atomic E-state index is 0.0677. The van der Waals surface area contributed by atoms with Crippen molar-refractivity contribution in [2.24, 2.45) is 0 Å². The van der Waals surface area contributed by atoms with Gasteiger partial charge in [-0.15, -0.1) is 0 Å². The molecule has 0 radical (unpaired) electrons. The Morgan fingerprint density at radius 1 is 1.36 bits per heavy atom. The lowest BCUT2D eigenvalue weighted by Crippen LogP contribution is -2.46. The second-order valence-corrected chi connectivity index (χ2v) is 6.52. The first-order chi connectivity index (χ1) is 12.1. The molecular weight excluding hydrogens is 318 g/mol. The van der Waals surface area contributed by atoms with E-state index in [1.165, 1.54) is 0 Å². The number of benzene rings is 1. The number of nitrogens with zero attached hydrogens (tertiary/aromatic N) is 1. The highest BCUT2D eigenvalue weighted by Crippen LogP contribution is 2.18. The number of nitrogens with one attached hydrogen (secondary N) is 2. The van der Waals surface area contributed by atoms with E-state index in [2.05, 4.69) is 15.8 Å². The van der Waals surface area contributed by atoms with E-state index in [1.807, 2.05) is 38.1 Å². The topological polar surface area (TPSA) is 76.4 Å². The summed E-state index contributed by atoms with van der Waals surface area (Å²) in [5.74, 6) is 1.61. The van der Waals surface area contributed by atoms with E-state index in [-0.39, 0.29) is 11.9 Å². The SMILES string of the molecule is Cc1noc(C)c1COc1ccc(CC(=O)NC2CCCNC2)cc1. The van der Waals surface area contributed by atoms with Crippen molar-refractivity contribution in [3.8, 4) is 5.75 Å². The summed E-state index contributed by atoms with van der Waals surface area (Å²) in [5, 5.41) is 10.3. The third-order valence-corrected chi connectivity index (χ3v) is 4.51. The Hall–Kier alpha value is -2.34. The van der Waals surface area contributed by atoms with Crippen LogP contribution in [0.4, 0.5) is 0 Å². The van der Waals surface area contributed by atoms with Crippen molar-refractivity contribution >= 4 is 5.91 Å². The average molecular weight is 343 g/mol. The molecule has 134 valence electrons. The maximum Gasteiger partial charge on any atom is 0.224 e. The zero-order chi connectivity index (χ0) is 17.6. The van der Waals surface area contributed by atoms with Crippen molar-refractivity contribution in [2.75, 3.05) is 13.1 Å². The molecule has 1 fully saturated rings. The lowest BCUT2D eigenvalue weighted by atomic mass is 10.1. The van der Waals surface area contributed by atoms with E-state index in [0.29, 0.717) is 13.0 Å². The molecule has 3 rings (SSSR count). The molecule has 1 aliphatic rings. The van der Waals surface area contributed by atoms with Crippen LogP contribution < -0.4 is 15.4 Å². The number of aryl methyl sites for hydroxylation is 2. The van der Waals surface area contributed by atoms with Gasteiger partial charge in [-0.1, -0.05) is 17.3 Å². The first-order valence-corrected chi connectivity index (χ1v) is 8.75. The number of aromatic nitrogens is 1. The number of carbonyl (C=O) groups is 1. The number of rotatable bonds is 6. The van der Waals surface area contributed by atoms with Crippen LogP contribution in [0.15, 0.2) is 28.8 Å². The number of amides is 1. The summed E-state index contributed by atoms with van der Waals surface area (Å²) >= 11 is 0. The lowest BCUT2D eigenvalue weighted by molar-refractivity contribution is -0.121. The standard InChI is InChI=1S/C19H25N3O3/c1-13-18(14(2)25-22-13)12-24-17-7-5-15(6-8-17)10-19(23)21-16-4-3-9-20-11-16/h5-8,16,20H,3-4,9-12H2,1-2H3,(H,21,23). The highest BCUT2D eigenvalue weighted by molar-refractivity contribution is 5.78. The molecule has 0 bridgehead atoms. The summed E-state index contributed by atoms with van der Waals surface area (Å²) in [6, 6.07) is 7.90. The molecule has 1 aromatic carbocycles. The van der Waals surface area contributed by atoms with Crippen LogP contribution in [-0.4, -0.2) is 30.2 Å². The summed E-state index contributed by atoms with van der Waals surface area (Å²) in [5.41, 5.74) is 2.80. The Morgan fingerprint density at radius 3 is 2.80 bits per heavy atom. The van der Waals surface area contributed by atoms with E-state index in [4.69, 9.17) is 9.26 Å². The molecule has 1 amide bonds. The van der Waals surface area contributed by atoms with Gasteiger partial charge in [-0.2, -0.15) is 0 Å². The highest BCUT2D eigenvalue weighted by Gasteiger charge is 2.15. The summed E-state index contributed by atoms with van der Waals surface area (Å²) in [6.45, 7) is 6.11. The molecule has 6 nitrogen and oxygen atoms in total. The van der Waals surface area contributed by atoms with Crippen molar-refractivity contribution in [1.29, 1.82) is 0 Å². The smallest absolute Gasteiger partial charge is 0.224 e. The van der Waals surface area contributed by atoms with Gasteiger partial charge in [-0.3, -0.25) is 4.79 Å². The van der Waals surface area contributed by atoms with Crippen LogP contribution in [0.3, 0.4) is 0 Å². The molecule has 1 unspecified atom stereocenters. The van der Waals surface area contributed by atoms with E-state index in [0.717, 1.165) is 54.3 Å². The summed E-state index contributed by atoms with van der Waals surface area (Å²) in [7, 11) is 0. The minimum atomic E-state index is 0.0677. The van der Waals surface area contributed by atoms with Crippen LogP contribution in [-0.2, 0) is 17.8 Å². The number of ether oxygens (including phenoxy) is 1. The van der Waals surface area contributed by atoms with Gasteiger partial charge in [0.2, 0.25) is 5.91 Å². The number of piperidine rings is 1. The molecule has 2 heterocycles. The van der Waals surface area contributed by atoms with Gasteiger partial charge in [0.1, 0.15) is 18.1 Å². The summed E-state index contributed by atoms with van der Waals surface area (Å²) in [6.07, 6.45) is 2.55. The van der Waals surface area contributed by atoms with Gasteiger partial charge in [0, 0.05) is 12.6 Å². The number of carbonyl (C=O) groups excluding carboxylic acids is 1. The Morgan fingerprint density at radius 2 is 2.16 bits per heavy atom. The van der Waals surface area contributed by atoms with Crippen LogP contribution >= 0.6 is 0 Å². The van der Waals surface area contributed by atoms with Gasteiger partial charge in [-0.05, 0) is 50.9 Å². The largest absolute Gasteiger partial charge is 0.489 e. The summed E-state index contributed by atoms with van der Waals surface area (Å²) < 4.78 is 10.9. The van der Waals surface area contributed by atoms with E-state index < -0.39 is 0 Å². The zero-order valence-electron chi connectivity index (χ0n) is 14.8. The molecule has 2 N–H and O–H groups in total. The van der Waals surface area contributed by atoms with Crippen molar-refractivity contribution < 1.29 is 14.1 Å². The van der Waals surface area contributed by atoms with Gasteiger partial charge in [-0.25, -0.2) is 0 Å². The van der Waals surface area contributed by atoms with Gasteiger partial charge < -0.3 is 19.9 Å². The molecular formula is C19H25N3O3. The van der Waals surface area contributed by atoms with E-state index >= 15 is 0 Å². The maximum absolute atomic E-state index is 12.1. The Kier molecular flexibility index (Phi) is 5.71. The average Bonchev–Trinajstić information content (AvgIpc) is 2.93. The summed E-state index contributed by atoms with van der Waals surface area (Å²) in [4.78, 5) is 12.1. The monoisotopic (exact) mass is 343 g/mol. The lowest BCUT2D eigenvalue weighted by Gasteiger charge is -2.23. The van der Waals surface area contributed by atoms with Gasteiger partial charge in [0.25, 0.3) is 0 Å². The molecule has 0 saturated carbocycles. The molecule has 1 aromatic heterocycles. The van der Waals surface area contributed by atoms with Gasteiger partial charge in [0.15, 0.2) is 0 Å². The first-order valence-electron chi connectivity index (χ1n) is 8.75. The zero-order valence-corrected chi connectivity index (χ0v) is 14.8. The van der Waals surface area contributed by atoms with Crippen molar-refractivity contribution in [2.45, 2.75) is 45.8 Å². The molecule has 25 heavy (non-hydrogen) atoms. The minimum Gasteiger partial charge on any atom is -0.489 e. The second kappa shape index (κ2) is 8.16. The number of hydrogen-bond donors (Lipinski definition) is 2. The fraction of sp³-hybridized carbons (Fsp3) is 0.474. The quantitative estimate of drug-likeness (QED) is 0.841. The second-order valence-electron chi connectivity index (χ2n) is 6.52. The van der Waals surface area contributed by atoms with Gasteiger partial charge >= 0.3 is 0 Å². The molecule has 2 aromatic rings. The Labute approximate surface area is 147 Å². The highest BCUT2D eigenvalue weighted by atomic mass is 16.5. The maximum atomic E-state index is 12.1. The van der Waals surface area contributed by atoms with Crippen molar-refractivity contribution in [1.82, 2.24) is 15.8 Å². The molecule has 0 spiro atoms. The van der Waals surface area contributed by atoms with Crippen LogP contribution in [0.1, 0.15) is 35.4 Å². The fourth-order valence-electron chi connectivity index (χ4n) is 3.01. The van der Waals surface area contributed by atoms with Crippen LogP contribution in [0.25, 0.3) is 0 Å². The fourth-order valence-corrected chi connectivity index (χ4v) is 3.01. The Balaban J connectivity index is 1.49. The first kappa shape index (κ1) is 17.5. The Bertz CT molecular complexity index is 684. The number of hydrogen-bond acceptors (Lipinski definition) is 5. The van der Waals surface area contributed by atoms with Crippen molar-refractivity contribution in [3.63, 3.8) is 0 Å². The molecule has 0 aliphatic carbocycles. The van der Waals surface area contributed by atoms with E-state index in [9.17, 15) is 4.79 Å². The third kappa shape index (κ3) is 4.82. The third-order valence-electron chi connectivity index (χ3n) is 4.51. The van der Waals surface area contributed by atoms with Crippen LogP contribution in [0, 0.1) is 13.8 Å². The predicted molar refractivity (Wildman–Crippen MR) is 94.5 cm³/mol. The van der Waals surface area contributed by atoms with Crippen molar-refractivity contribution in [3.05, 3.63) is 46.8 Å². The molecule has 1 saturated heterocycles. The van der Waals surface area contributed by atoms with Crippen LogP contribution in [0.2, 0.25) is 0 Å².